The fourth-order valence-corrected chi connectivity index (χ4v) is 2.14. The van der Waals surface area contributed by atoms with Gasteiger partial charge in [-0.15, -0.1) is 0 Å². The van der Waals surface area contributed by atoms with E-state index in [0.29, 0.717) is 13.0 Å². The Morgan fingerprint density at radius 1 is 1.35 bits per heavy atom. The van der Waals surface area contributed by atoms with Crippen molar-refractivity contribution in [2.45, 2.75) is 38.8 Å². The van der Waals surface area contributed by atoms with Crippen molar-refractivity contribution < 1.29 is 9.53 Å². The summed E-state index contributed by atoms with van der Waals surface area (Å²) in [7, 11) is 0. The summed E-state index contributed by atoms with van der Waals surface area (Å²) in [6, 6.07) is 9.65. The van der Waals surface area contributed by atoms with Crippen molar-refractivity contribution >= 4 is 6.09 Å². The lowest BCUT2D eigenvalue weighted by molar-refractivity contribution is 0.0506. The number of ether oxygens (including phenoxy) is 1. The zero-order valence-corrected chi connectivity index (χ0v) is 13.8. The maximum atomic E-state index is 11.8. The van der Waals surface area contributed by atoms with E-state index >= 15 is 0 Å². The number of alkyl carbamates (subject to hydrolysis) is 1. The minimum atomic E-state index is -0.526. The molecule has 1 atom stereocenters. The topological polar surface area (TPSA) is 82.2 Å². The smallest absolute Gasteiger partial charge is 0.407 e. The van der Waals surface area contributed by atoms with E-state index in [1.807, 2.05) is 57.3 Å². The number of aromatic nitrogens is 2. The van der Waals surface area contributed by atoms with E-state index in [0.717, 1.165) is 11.3 Å². The van der Waals surface area contributed by atoms with Crippen LogP contribution in [-0.4, -0.2) is 34.1 Å². The van der Waals surface area contributed by atoms with E-state index < -0.39 is 11.7 Å². The fraction of sp³-hybridized carbons (Fsp3) is 0.412. The molecule has 6 nitrogen and oxygen atoms in total. The Morgan fingerprint density at radius 2 is 2.04 bits per heavy atom. The van der Waals surface area contributed by atoms with Crippen molar-refractivity contribution in [3.8, 4) is 5.69 Å². The summed E-state index contributed by atoms with van der Waals surface area (Å²) in [6.07, 6.45) is 3.87. The van der Waals surface area contributed by atoms with Crippen LogP contribution in [0.15, 0.2) is 42.7 Å². The van der Waals surface area contributed by atoms with Crippen LogP contribution in [0.5, 0.6) is 0 Å². The molecule has 0 fully saturated rings. The largest absolute Gasteiger partial charge is 0.444 e. The number of rotatable bonds is 5. The molecule has 0 aliphatic rings. The van der Waals surface area contributed by atoms with Gasteiger partial charge < -0.3 is 15.8 Å². The van der Waals surface area contributed by atoms with E-state index in [1.165, 1.54) is 0 Å². The number of amides is 1. The first-order valence-electron chi connectivity index (χ1n) is 7.66. The summed E-state index contributed by atoms with van der Waals surface area (Å²) in [6.45, 7) is 5.81. The number of benzene rings is 1. The highest BCUT2D eigenvalue weighted by Gasteiger charge is 2.19. The SMILES string of the molecule is CC(C)(C)OC(=O)NC(CN)Cc1cnn(-c2ccccc2)c1. The summed E-state index contributed by atoms with van der Waals surface area (Å²) < 4.78 is 7.06. The molecule has 3 N–H and O–H groups in total. The molecule has 2 rings (SSSR count). The molecule has 23 heavy (non-hydrogen) atoms. The molecule has 124 valence electrons. The summed E-state index contributed by atoms with van der Waals surface area (Å²) in [5.41, 5.74) is 7.22. The van der Waals surface area contributed by atoms with Crippen LogP contribution in [0.2, 0.25) is 0 Å². The van der Waals surface area contributed by atoms with Crippen molar-refractivity contribution in [1.29, 1.82) is 0 Å². The van der Waals surface area contributed by atoms with Gasteiger partial charge in [-0.3, -0.25) is 0 Å². The van der Waals surface area contributed by atoms with Gasteiger partial charge in [0.2, 0.25) is 0 Å². The monoisotopic (exact) mass is 316 g/mol. The predicted molar refractivity (Wildman–Crippen MR) is 89.5 cm³/mol. The first-order valence-corrected chi connectivity index (χ1v) is 7.66. The average molecular weight is 316 g/mol. The Hall–Kier alpha value is -2.34. The maximum Gasteiger partial charge on any atom is 0.407 e. The molecule has 1 aromatic heterocycles. The first-order chi connectivity index (χ1) is 10.9. The van der Waals surface area contributed by atoms with Gasteiger partial charge in [0.05, 0.1) is 11.9 Å². The number of hydrogen-bond donors (Lipinski definition) is 2. The maximum absolute atomic E-state index is 11.8. The van der Waals surface area contributed by atoms with Crippen LogP contribution in [-0.2, 0) is 11.2 Å². The molecule has 0 bridgehead atoms. The number of nitrogens with one attached hydrogen (secondary N) is 1. The van der Waals surface area contributed by atoms with Crippen LogP contribution in [0, 0.1) is 0 Å². The van der Waals surface area contributed by atoms with Crippen LogP contribution in [0.1, 0.15) is 26.3 Å². The molecular formula is C17H24N4O2. The highest BCUT2D eigenvalue weighted by Crippen LogP contribution is 2.10. The van der Waals surface area contributed by atoms with Crippen molar-refractivity contribution in [2.75, 3.05) is 6.54 Å². The van der Waals surface area contributed by atoms with Crippen molar-refractivity contribution in [2.24, 2.45) is 5.73 Å². The van der Waals surface area contributed by atoms with Crippen LogP contribution in [0.4, 0.5) is 4.79 Å². The highest BCUT2D eigenvalue weighted by atomic mass is 16.6. The fourth-order valence-electron chi connectivity index (χ4n) is 2.14. The number of carbonyl (C=O) groups excluding carboxylic acids is 1. The van der Waals surface area contributed by atoms with E-state index in [4.69, 9.17) is 10.5 Å². The van der Waals surface area contributed by atoms with Gasteiger partial charge in [-0.05, 0) is 44.9 Å². The molecule has 0 saturated carbocycles. The second kappa shape index (κ2) is 7.28. The number of para-hydroxylation sites is 1. The van der Waals surface area contributed by atoms with Crippen LogP contribution in [0.25, 0.3) is 5.69 Å². The Balaban J connectivity index is 1.97. The lowest BCUT2D eigenvalue weighted by Crippen LogP contribution is -2.44. The Morgan fingerprint density at radius 3 is 2.65 bits per heavy atom. The van der Waals surface area contributed by atoms with Crippen molar-refractivity contribution in [1.82, 2.24) is 15.1 Å². The quantitative estimate of drug-likeness (QED) is 0.886. The Labute approximate surface area is 136 Å². The number of nitrogens with zero attached hydrogens (tertiary/aromatic N) is 2. The normalized spacial score (nSPS) is 12.7. The zero-order valence-electron chi connectivity index (χ0n) is 13.8. The second-order valence-electron chi connectivity index (χ2n) is 6.41. The molecule has 1 unspecified atom stereocenters. The molecule has 1 heterocycles. The van der Waals surface area contributed by atoms with Crippen molar-refractivity contribution in [3.63, 3.8) is 0 Å². The molecule has 0 spiro atoms. The van der Waals surface area contributed by atoms with Gasteiger partial charge in [0, 0.05) is 18.8 Å². The molecule has 0 aliphatic carbocycles. The minimum Gasteiger partial charge on any atom is -0.444 e. The molecule has 2 aromatic rings. The van der Waals surface area contributed by atoms with E-state index in [-0.39, 0.29) is 6.04 Å². The van der Waals surface area contributed by atoms with Gasteiger partial charge >= 0.3 is 6.09 Å². The first kappa shape index (κ1) is 17.0. The Kier molecular flexibility index (Phi) is 5.39. The molecule has 0 aliphatic heterocycles. The van der Waals surface area contributed by atoms with Gasteiger partial charge in [0.15, 0.2) is 0 Å². The number of hydrogen-bond acceptors (Lipinski definition) is 4. The summed E-state index contributed by atoms with van der Waals surface area (Å²) in [5, 5.41) is 7.14. The molecule has 0 saturated heterocycles. The third-order valence-electron chi connectivity index (χ3n) is 3.14. The predicted octanol–water partition coefficient (Wildman–Crippen LogP) is 2.27. The van der Waals surface area contributed by atoms with Gasteiger partial charge in [-0.1, -0.05) is 18.2 Å². The zero-order chi connectivity index (χ0) is 16.9. The minimum absolute atomic E-state index is 0.196. The van der Waals surface area contributed by atoms with E-state index in [1.54, 1.807) is 10.9 Å². The van der Waals surface area contributed by atoms with Gasteiger partial charge in [0.25, 0.3) is 0 Å². The lowest BCUT2D eigenvalue weighted by atomic mass is 10.1. The number of carbonyl (C=O) groups is 1. The second-order valence-corrected chi connectivity index (χ2v) is 6.41. The van der Waals surface area contributed by atoms with E-state index in [9.17, 15) is 4.79 Å². The van der Waals surface area contributed by atoms with Gasteiger partial charge in [0.1, 0.15) is 5.60 Å². The van der Waals surface area contributed by atoms with Crippen LogP contribution < -0.4 is 11.1 Å². The van der Waals surface area contributed by atoms with Gasteiger partial charge in [-0.25, -0.2) is 9.48 Å². The summed E-state index contributed by atoms with van der Waals surface area (Å²) in [4.78, 5) is 11.8. The standard InChI is InChI=1S/C17H24N4O2/c1-17(2,3)23-16(22)20-14(10-18)9-13-11-19-21(12-13)15-7-5-4-6-8-15/h4-8,11-12,14H,9-10,18H2,1-3H3,(H,20,22). The third kappa shape index (κ3) is 5.41. The van der Waals surface area contributed by atoms with Crippen molar-refractivity contribution in [3.05, 3.63) is 48.3 Å². The molecule has 6 heteroatoms. The summed E-state index contributed by atoms with van der Waals surface area (Å²) in [5.74, 6) is 0. The van der Waals surface area contributed by atoms with Crippen LogP contribution in [0.3, 0.4) is 0 Å². The van der Waals surface area contributed by atoms with E-state index in [2.05, 4.69) is 10.4 Å². The summed E-state index contributed by atoms with van der Waals surface area (Å²) >= 11 is 0. The van der Waals surface area contributed by atoms with Gasteiger partial charge in [-0.2, -0.15) is 5.10 Å². The molecular weight excluding hydrogens is 292 g/mol. The molecule has 1 aromatic carbocycles. The van der Waals surface area contributed by atoms with Crippen LogP contribution >= 0.6 is 0 Å². The third-order valence-corrected chi connectivity index (χ3v) is 3.14. The number of nitrogens with two attached hydrogens (primary N) is 1. The lowest BCUT2D eigenvalue weighted by Gasteiger charge is -2.22. The average Bonchev–Trinajstić information content (AvgIpc) is 2.94. The highest BCUT2D eigenvalue weighted by molar-refractivity contribution is 5.68. The molecule has 0 radical (unpaired) electrons. The Bertz CT molecular complexity index is 632. The molecule has 1 amide bonds.